The quantitative estimate of drug-likeness (QED) is 0.214. The molecule has 1 N–H and O–H groups in total. The Labute approximate surface area is 209 Å². The number of allylic oxidation sites excluding steroid dienone is 1. The topological polar surface area (TPSA) is 70.1 Å². The van der Waals surface area contributed by atoms with E-state index < -0.39 is 11.8 Å². The Bertz CT molecular complexity index is 1260. The molecule has 1 aliphatic heterocycles. The third kappa shape index (κ3) is 4.72. The molecule has 0 atom stereocenters. The van der Waals surface area contributed by atoms with Gasteiger partial charge in [-0.05, 0) is 73.6 Å². The van der Waals surface area contributed by atoms with Gasteiger partial charge in [0, 0.05) is 5.56 Å². The average molecular weight is 485 g/mol. The SMILES string of the molecule is C=CCc1cc(C=C2C(=O)N(c3ccccc3)C(=S)N(c3ccccc3)C2=O)cc(OCC)c1O. The lowest BCUT2D eigenvalue weighted by molar-refractivity contribution is -0.120. The van der Waals surface area contributed by atoms with Crippen molar-refractivity contribution in [2.45, 2.75) is 13.3 Å². The monoisotopic (exact) mass is 484 g/mol. The normalized spacial score (nSPS) is 13.7. The maximum absolute atomic E-state index is 13.6. The average Bonchev–Trinajstić information content (AvgIpc) is 2.86. The van der Waals surface area contributed by atoms with E-state index in [0.717, 1.165) is 0 Å². The van der Waals surface area contributed by atoms with Crippen LogP contribution in [-0.2, 0) is 16.0 Å². The fourth-order valence-corrected chi connectivity index (χ4v) is 4.23. The molecular formula is C28H24N2O4S. The van der Waals surface area contributed by atoms with E-state index in [2.05, 4.69) is 6.58 Å². The van der Waals surface area contributed by atoms with Crippen molar-refractivity contribution in [2.75, 3.05) is 16.4 Å². The highest BCUT2D eigenvalue weighted by Crippen LogP contribution is 2.35. The zero-order valence-electron chi connectivity index (χ0n) is 19.2. The van der Waals surface area contributed by atoms with Gasteiger partial charge in [-0.1, -0.05) is 42.5 Å². The second kappa shape index (κ2) is 10.4. The number of rotatable bonds is 7. The fraction of sp³-hybridized carbons (Fsp3) is 0.107. The van der Waals surface area contributed by atoms with Crippen LogP contribution < -0.4 is 14.5 Å². The fourth-order valence-electron chi connectivity index (χ4n) is 3.85. The van der Waals surface area contributed by atoms with Crippen LogP contribution in [0.5, 0.6) is 11.5 Å². The van der Waals surface area contributed by atoms with Gasteiger partial charge in [0.15, 0.2) is 16.6 Å². The second-order valence-corrected chi connectivity index (χ2v) is 8.11. The molecule has 1 heterocycles. The van der Waals surface area contributed by atoms with Crippen LogP contribution in [0.1, 0.15) is 18.1 Å². The first-order chi connectivity index (χ1) is 17.0. The molecule has 4 rings (SSSR count). The molecule has 1 saturated heterocycles. The molecule has 0 bridgehead atoms. The Hall–Kier alpha value is -4.23. The van der Waals surface area contributed by atoms with Crippen molar-refractivity contribution in [3.05, 3.63) is 102 Å². The number of phenolic OH excluding ortho intramolecular Hbond substituents is 1. The Balaban J connectivity index is 1.88. The summed E-state index contributed by atoms with van der Waals surface area (Å²) in [6, 6.07) is 21.2. The first-order valence-electron chi connectivity index (χ1n) is 11.1. The lowest BCUT2D eigenvalue weighted by Gasteiger charge is -2.36. The highest BCUT2D eigenvalue weighted by Gasteiger charge is 2.41. The number of benzene rings is 3. The molecular weight excluding hydrogens is 460 g/mol. The van der Waals surface area contributed by atoms with E-state index in [1.165, 1.54) is 15.9 Å². The zero-order valence-corrected chi connectivity index (χ0v) is 20.0. The summed E-state index contributed by atoms with van der Waals surface area (Å²) in [4.78, 5) is 30.0. The number of aromatic hydroxyl groups is 1. The third-order valence-electron chi connectivity index (χ3n) is 5.43. The van der Waals surface area contributed by atoms with Crippen molar-refractivity contribution in [1.29, 1.82) is 0 Å². The number of para-hydroxylation sites is 2. The summed E-state index contributed by atoms with van der Waals surface area (Å²) >= 11 is 5.63. The van der Waals surface area contributed by atoms with Crippen molar-refractivity contribution in [3.8, 4) is 11.5 Å². The van der Waals surface area contributed by atoms with E-state index in [-0.39, 0.29) is 22.2 Å². The molecule has 0 radical (unpaired) electrons. The molecule has 0 aromatic heterocycles. The van der Waals surface area contributed by atoms with Crippen molar-refractivity contribution >= 4 is 46.6 Å². The number of carbonyl (C=O) groups is 2. The van der Waals surface area contributed by atoms with Gasteiger partial charge in [-0.25, -0.2) is 0 Å². The van der Waals surface area contributed by atoms with Gasteiger partial charge < -0.3 is 9.84 Å². The van der Waals surface area contributed by atoms with Gasteiger partial charge in [-0.3, -0.25) is 19.4 Å². The number of hydrogen-bond donors (Lipinski definition) is 1. The number of carbonyl (C=O) groups excluding carboxylic acids is 2. The van der Waals surface area contributed by atoms with E-state index in [9.17, 15) is 14.7 Å². The maximum Gasteiger partial charge on any atom is 0.270 e. The standard InChI is InChI=1S/C28H24N2O4S/c1-3-11-20-16-19(18-24(25(20)31)34-4-2)17-23-26(32)29(21-12-7-5-8-13-21)28(35)30(27(23)33)22-14-9-6-10-15-22/h3,5-10,12-18,31H,1,4,11H2,2H3. The van der Waals surface area contributed by atoms with Gasteiger partial charge >= 0.3 is 0 Å². The lowest BCUT2D eigenvalue weighted by Crippen LogP contribution is -2.56. The number of nitrogens with zero attached hydrogens (tertiary/aromatic N) is 2. The first kappa shape index (κ1) is 23.9. The highest BCUT2D eigenvalue weighted by atomic mass is 32.1. The van der Waals surface area contributed by atoms with E-state index in [4.69, 9.17) is 17.0 Å². The Morgan fingerprint density at radius 2 is 1.49 bits per heavy atom. The van der Waals surface area contributed by atoms with Gasteiger partial charge in [0.25, 0.3) is 11.8 Å². The van der Waals surface area contributed by atoms with E-state index in [1.54, 1.807) is 66.7 Å². The van der Waals surface area contributed by atoms with Crippen molar-refractivity contribution in [2.24, 2.45) is 0 Å². The van der Waals surface area contributed by atoms with Gasteiger partial charge in [0.05, 0.1) is 18.0 Å². The third-order valence-corrected chi connectivity index (χ3v) is 5.79. The summed E-state index contributed by atoms with van der Waals surface area (Å²) in [5, 5.41) is 10.6. The van der Waals surface area contributed by atoms with Gasteiger partial charge in [-0.15, -0.1) is 6.58 Å². The van der Waals surface area contributed by atoms with Crippen LogP contribution in [0.2, 0.25) is 0 Å². The van der Waals surface area contributed by atoms with Crippen molar-refractivity contribution in [3.63, 3.8) is 0 Å². The van der Waals surface area contributed by atoms with Crippen LogP contribution in [0, 0.1) is 0 Å². The van der Waals surface area contributed by atoms with Crippen LogP contribution >= 0.6 is 12.2 Å². The second-order valence-electron chi connectivity index (χ2n) is 7.75. The van der Waals surface area contributed by atoms with Gasteiger partial charge in [0.1, 0.15) is 5.57 Å². The zero-order chi connectivity index (χ0) is 24.9. The number of thiocarbonyl (C=S) groups is 1. The van der Waals surface area contributed by atoms with Gasteiger partial charge in [0.2, 0.25) is 0 Å². The first-order valence-corrected chi connectivity index (χ1v) is 11.5. The van der Waals surface area contributed by atoms with Crippen molar-refractivity contribution < 1.29 is 19.4 Å². The molecule has 3 aromatic rings. The molecule has 0 spiro atoms. The molecule has 0 aliphatic carbocycles. The minimum Gasteiger partial charge on any atom is -0.504 e. The molecule has 176 valence electrons. The van der Waals surface area contributed by atoms with E-state index in [0.29, 0.717) is 35.5 Å². The largest absolute Gasteiger partial charge is 0.504 e. The molecule has 35 heavy (non-hydrogen) atoms. The smallest absolute Gasteiger partial charge is 0.270 e. The minimum atomic E-state index is -0.533. The Morgan fingerprint density at radius 3 is 1.97 bits per heavy atom. The number of ether oxygens (including phenoxy) is 1. The number of amides is 2. The molecule has 0 unspecified atom stereocenters. The Kier molecular flexibility index (Phi) is 7.08. The highest BCUT2D eigenvalue weighted by molar-refractivity contribution is 7.81. The van der Waals surface area contributed by atoms with Crippen LogP contribution in [0.4, 0.5) is 11.4 Å². The van der Waals surface area contributed by atoms with Crippen LogP contribution in [-0.4, -0.2) is 28.6 Å². The summed E-state index contributed by atoms with van der Waals surface area (Å²) in [6.07, 6.45) is 3.55. The van der Waals surface area contributed by atoms with Crippen LogP contribution in [0.15, 0.2) is 91.0 Å². The summed E-state index contributed by atoms with van der Waals surface area (Å²) in [5.41, 5.74) is 2.14. The number of phenols is 1. The van der Waals surface area contributed by atoms with E-state index >= 15 is 0 Å². The number of anilines is 2. The van der Waals surface area contributed by atoms with Crippen molar-refractivity contribution in [1.82, 2.24) is 0 Å². The summed E-state index contributed by atoms with van der Waals surface area (Å²) in [7, 11) is 0. The predicted octanol–water partition coefficient (Wildman–Crippen LogP) is 5.27. The summed E-state index contributed by atoms with van der Waals surface area (Å²) < 4.78 is 5.58. The van der Waals surface area contributed by atoms with Gasteiger partial charge in [-0.2, -0.15) is 0 Å². The molecule has 1 aliphatic rings. The van der Waals surface area contributed by atoms with Crippen LogP contribution in [0.3, 0.4) is 0 Å². The summed E-state index contributed by atoms with van der Waals surface area (Å²) in [6.45, 7) is 5.89. The molecule has 1 fully saturated rings. The van der Waals surface area contributed by atoms with Crippen LogP contribution in [0.25, 0.3) is 6.08 Å². The molecule has 6 nitrogen and oxygen atoms in total. The minimum absolute atomic E-state index is 0.00759. The Morgan fingerprint density at radius 1 is 0.943 bits per heavy atom. The predicted molar refractivity (Wildman–Crippen MR) is 142 cm³/mol. The van der Waals surface area contributed by atoms with E-state index in [1.807, 2.05) is 19.1 Å². The summed E-state index contributed by atoms with van der Waals surface area (Å²) in [5.74, 6) is -0.790. The molecule has 2 amide bonds. The number of hydrogen-bond acceptors (Lipinski definition) is 5. The molecule has 3 aromatic carbocycles. The molecule has 7 heteroatoms. The maximum atomic E-state index is 13.6. The molecule has 0 saturated carbocycles. The lowest BCUT2D eigenvalue weighted by atomic mass is 10.0.